The van der Waals surface area contributed by atoms with Crippen molar-refractivity contribution >= 4 is 27.5 Å². The van der Waals surface area contributed by atoms with Gasteiger partial charge in [0.1, 0.15) is 18.3 Å². The second-order valence-electron chi connectivity index (χ2n) is 9.70. The van der Waals surface area contributed by atoms with E-state index in [1.54, 1.807) is 49.4 Å². The number of amides is 2. The Morgan fingerprint density at radius 2 is 1.51 bits per heavy atom. The summed E-state index contributed by atoms with van der Waals surface area (Å²) in [5, 5.41) is 3.08. The van der Waals surface area contributed by atoms with Gasteiger partial charge in [0.15, 0.2) is 0 Å². The zero-order valence-electron chi connectivity index (χ0n) is 22.3. The molecule has 1 N–H and O–H groups in total. The van der Waals surface area contributed by atoms with Gasteiger partial charge in [-0.05, 0) is 61.7 Å². The first kappa shape index (κ1) is 28.2. The van der Waals surface area contributed by atoms with Crippen LogP contribution in [0.15, 0.2) is 89.8 Å². The fourth-order valence-corrected chi connectivity index (χ4v) is 6.17. The van der Waals surface area contributed by atoms with Gasteiger partial charge in [0, 0.05) is 12.6 Å². The molecule has 0 radical (unpaired) electrons. The first-order chi connectivity index (χ1) is 18.8. The van der Waals surface area contributed by atoms with Crippen molar-refractivity contribution in [3.05, 3.63) is 90.5 Å². The highest BCUT2D eigenvalue weighted by Crippen LogP contribution is 2.26. The number of nitrogens with zero attached hydrogens (tertiary/aromatic N) is 2. The number of benzene rings is 3. The van der Waals surface area contributed by atoms with Crippen molar-refractivity contribution in [1.29, 1.82) is 0 Å². The number of para-hydroxylation sites is 1. The molecule has 39 heavy (non-hydrogen) atoms. The van der Waals surface area contributed by atoms with E-state index < -0.39 is 28.5 Å². The number of nitrogens with one attached hydrogen (secondary N) is 1. The van der Waals surface area contributed by atoms with E-state index in [-0.39, 0.29) is 23.4 Å². The van der Waals surface area contributed by atoms with Gasteiger partial charge in [0.25, 0.3) is 10.0 Å². The van der Waals surface area contributed by atoms with Crippen LogP contribution in [0.3, 0.4) is 0 Å². The van der Waals surface area contributed by atoms with Crippen molar-refractivity contribution in [2.24, 2.45) is 0 Å². The lowest BCUT2D eigenvalue weighted by atomic mass is 10.1. The minimum Gasteiger partial charge on any atom is -0.497 e. The lowest BCUT2D eigenvalue weighted by molar-refractivity contribution is -0.139. The highest BCUT2D eigenvalue weighted by molar-refractivity contribution is 7.92. The molecule has 1 aliphatic carbocycles. The van der Waals surface area contributed by atoms with Crippen LogP contribution in [-0.4, -0.2) is 50.9 Å². The predicted octanol–water partition coefficient (Wildman–Crippen LogP) is 4.37. The summed E-state index contributed by atoms with van der Waals surface area (Å²) in [7, 11) is -2.61. The minimum atomic E-state index is -4.12. The summed E-state index contributed by atoms with van der Waals surface area (Å²) >= 11 is 0. The molecule has 0 heterocycles. The lowest BCUT2D eigenvalue weighted by Crippen LogP contribution is -2.52. The number of carbonyl (C=O) groups excluding carboxylic acids is 2. The molecule has 3 aromatic carbocycles. The standard InChI is InChI=1S/C30H35N3O5S/c1-23(30(35)31-25-13-9-10-14-25)32(21-24-11-5-3-6-12-24)29(34)22-33(26-15-7-4-8-16-26)39(36,37)28-19-17-27(38-2)18-20-28/h3-8,11-12,15-20,23,25H,9-10,13-14,21-22H2,1-2H3,(H,31,35). The predicted molar refractivity (Wildman–Crippen MR) is 151 cm³/mol. The third-order valence-electron chi connectivity index (χ3n) is 7.04. The highest BCUT2D eigenvalue weighted by atomic mass is 32.2. The summed E-state index contributed by atoms with van der Waals surface area (Å²) in [6.07, 6.45) is 3.99. The summed E-state index contributed by atoms with van der Waals surface area (Å²) in [6.45, 7) is 1.40. The monoisotopic (exact) mass is 549 g/mol. The molecule has 1 atom stereocenters. The number of carbonyl (C=O) groups is 2. The zero-order valence-corrected chi connectivity index (χ0v) is 23.1. The molecule has 0 saturated heterocycles. The molecule has 206 valence electrons. The number of ether oxygens (including phenoxy) is 1. The minimum absolute atomic E-state index is 0.0292. The lowest BCUT2D eigenvalue weighted by Gasteiger charge is -2.32. The van der Waals surface area contributed by atoms with Crippen LogP contribution in [0.25, 0.3) is 0 Å². The van der Waals surface area contributed by atoms with Gasteiger partial charge in [0.2, 0.25) is 11.8 Å². The summed E-state index contributed by atoms with van der Waals surface area (Å²) in [6, 6.07) is 23.2. The van der Waals surface area contributed by atoms with E-state index in [9.17, 15) is 18.0 Å². The molecule has 0 aromatic heterocycles. The number of sulfonamides is 1. The van der Waals surface area contributed by atoms with Gasteiger partial charge in [-0.2, -0.15) is 0 Å². The molecule has 2 amide bonds. The number of hydrogen-bond donors (Lipinski definition) is 1. The Morgan fingerprint density at radius 1 is 0.923 bits per heavy atom. The van der Waals surface area contributed by atoms with Crippen molar-refractivity contribution in [3.8, 4) is 5.75 Å². The normalized spacial score (nSPS) is 14.4. The topological polar surface area (TPSA) is 96.0 Å². The molecule has 0 aliphatic heterocycles. The number of methoxy groups -OCH3 is 1. The smallest absolute Gasteiger partial charge is 0.264 e. The molecule has 9 heteroatoms. The summed E-state index contributed by atoms with van der Waals surface area (Å²) in [4.78, 5) is 28.6. The molecule has 0 bridgehead atoms. The third kappa shape index (κ3) is 6.97. The van der Waals surface area contributed by atoms with Crippen LogP contribution >= 0.6 is 0 Å². The van der Waals surface area contributed by atoms with Crippen LogP contribution in [0.4, 0.5) is 5.69 Å². The Morgan fingerprint density at radius 3 is 2.10 bits per heavy atom. The van der Waals surface area contributed by atoms with Crippen molar-refractivity contribution < 1.29 is 22.7 Å². The van der Waals surface area contributed by atoms with Crippen molar-refractivity contribution in [3.63, 3.8) is 0 Å². The second kappa shape index (κ2) is 12.8. The SMILES string of the molecule is COc1ccc(S(=O)(=O)N(CC(=O)N(Cc2ccccc2)C(C)C(=O)NC2CCCC2)c2ccccc2)cc1. The number of rotatable bonds is 11. The van der Waals surface area contributed by atoms with E-state index in [1.165, 1.54) is 24.1 Å². The van der Waals surface area contributed by atoms with Crippen molar-refractivity contribution in [1.82, 2.24) is 10.2 Å². The Balaban J connectivity index is 1.65. The molecule has 4 rings (SSSR count). The van der Waals surface area contributed by atoms with E-state index in [0.29, 0.717) is 11.4 Å². The fourth-order valence-electron chi connectivity index (χ4n) is 4.75. The Labute approximate surface area is 230 Å². The Bertz CT molecular complexity index is 1340. The van der Waals surface area contributed by atoms with Crippen LogP contribution in [-0.2, 0) is 26.2 Å². The summed E-state index contributed by atoms with van der Waals surface area (Å²) < 4.78 is 33.9. The molecule has 8 nitrogen and oxygen atoms in total. The first-order valence-electron chi connectivity index (χ1n) is 13.1. The number of hydrogen-bond acceptors (Lipinski definition) is 5. The first-order valence-corrected chi connectivity index (χ1v) is 14.6. The summed E-state index contributed by atoms with van der Waals surface area (Å²) in [5.41, 5.74) is 1.19. The van der Waals surface area contributed by atoms with Gasteiger partial charge in [-0.3, -0.25) is 13.9 Å². The fraction of sp³-hybridized carbons (Fsp3) is 0.333. The van der Waals surface area contributed by atoms with Crippen LogP contribution in [0, 0.1) is 0 Å². The quantitative estimate of drug-likeness (QED) is 0.383. The van der Waals surface area contributed by atoms with Gasteiger partial charge >= 0.3 is 0 Å². The van der Waals surface area contributed by atoms with Crippen LogP contribution in [0.5, 0.6) is 5.75 Å². The maximum absolute atomic E-state index is 13.9. The third-order valence-corrected chi connectivity index (χ3v) is 8.82. The Kier molecular flexibility index (Phi) is 9.24. The van der Waals surface area contributed by atoms with Gasteiger partial charge < -0.3 is 15.0 Å². The van der Waals surface area contributed by atoms with Crippen LogP contribution < -0.4 is 14.4 Å². The molecule has 3 aromatic rings. The summed E-state index contributed by atoms with van der Waals surface area (Å²) in [5.74, 6) is -0.197. The average molecular weight is 550 g/mol. The van der Waals surface area contributed by atoms with Gasteiger partial charge in [-0.25, -0.2) is 8.42 Å². The average Bonchev–Trinajstić information content (AvgIpc) is 3.48. The van der Waals surface area contributed by atoms with E-state index in [4.69, 9.17) is 4.74 Å². The highest BCUT2D eigenvalue weighted by Gasteiger charge is 2.33. The number of anilines is 1. The van der Waals surface area contributed by atoms with Crippen molar-refractivity contribution in [2.75, 3.05) is 18.0 Å². The largest absolute Gasteiger partial charge is 0.497 e. The maximum atomic E-state index is 13.9. The van der Waals surface area contributed by atoms with E-state index in [0.717, 1.165) is 35.6 Å². The molecule has 1 aliphatic rings. The molecular weight excluding hydrogens is 514 g/mol. The van der Waals surface area contributed by atoms with E-state index in [2.05, 4.69) is 5.32 Å². The van der Waals surface area contributed by atoms with Gasteiger partial charge in [0.05, 0.1) is 17.7 Å². The van der Waals surface area contributed by atoms with E-state index >= 15 is 0 Å². The van der Waals surface area contributed by atoms with Crippen LogP contribution in [0.1, 0.15) is 38.2 Å². The van der Waals surface area contributed by atoms with Gasteiger partial charge in [-0.1, -0.05) is 61.4 Å². The molecule has 1 saturated carbocycles. The van der Waals surface area contributed by atoms with E-state index in [1.807, 2.05) is 30.3 Å². The molecular formula is C30H35N3O5S. The maximum Gasteiger partial charge on any atom is 0.264 e. The molecule has 1 unspecified atom stereocenters. The zero-order chi connectivity index (χ0) is 27.8. The molecule has 1 fully saturated rings. The Hall–Kier alpha value is -3.85. The second-order valence-corrected chi connectivity index (χ2v) is 11.6. The molecule has 0 spiro atoms. The van der Waals surface area contributed by atoms with Gasteiger partial charge in [-0.15, -0.1) is 0 Å². The van der Waals surface area contributed by atoms with Crippen LogP contribution in [0.2, 0.25) is 0 Å². The van der Waals surface area contributed by atoms with Crippen molar-refractivity contribution in [2.45, 2.75) is 56.1 Å².